The highest BCUT2D eigenvalue weighted by atomic mass is 19.1. The van der Waals surface area contributed by atoms with E-state index in [1.807, 2.05) is 6.20 Å². The summed E-state index contributed by atoms with van der Waals surface area (Å²) in [6.45, 7) is 8.19. The number of aliphatic hydroxyl groups excluding tert-OH is 1. The smallest absolute Gasteiger partial charge is 0.217 e. The molecule has 0 fully saturated rings. The Morgan fingerprint density at radius 2 is 1.89 bits per heavy atom. The number of halogens is 2. The van der Waals surface area contributed by atoms with Crippen molar-refractivity contribution in [2.24, 2.45) is 5.41 Å². The first-order chi connectivity index (χ1) is 18.0. The minimum atomic E-state index is -0.995. The fraction of sp³-hybridized carbons (Fsp3) is 0.467. The Kier molecular flexibility index (Phi) is 8.63. The third-order valence-electron chi connectivity index (χ3n) is 7.06. The predicted molar refractivity (Wildman–Crippen MR) is 144 cm³/mol. The van der Waals surface area contributed by atoms with Crippen molar-refractivity contribution < 1.29 is 18.7 Å². The Labute approximate surface area is 223 Å². The Balaban J connectivity index is 1.58. The van der Waals surface area contributed by atoms with Gasteiger partial charge in [0.2, 0.25) is 5.91 Å². The minimum absolute atomic E-state index is 0.0751. The molecule has 4 unspecified atom stereocenters. The molecule has 0 spiro atoms. The van der Waals surface area contributed by atoms with Crippen LogP contribution in [0.2, 0.25) is 0 Å². The fourth-order valence-corrected chi connectivity index (χ4v) is 5.52. The lowest BCUT2D eigenvalue weighted by Crippen LogP contribution is -2.49. The third-order valence-corrected chi connectivity index (χ3v) is 7.06. The minimum Gasteiger partial charge on any atom is -0.390 e. The van der Waals surface area contributed by atoms with Crippen LogP contribution in [0.3, 0.4) is 0 Å². The summed E-state index contributed by atoms with van der Waals surface area (Å²) in [6.07, 6.45) is 5.42. The van der Waals surface area contributed by atoms with Crippen molar-refractivity contribution >= 4 is 5.91 Å². The molecule has 4 atom stereocenters. The number of benzene rings is 2. The van der Waals surface area contributed by atoms with Gasteiger partial charge in [0, 0.05) is 43.9 Å². The number of imidazole rings is 1. The average molecular weight is 525 g/mol. The van der Waals surface area contributed by atoms with Crippen molar-refractivity contribution in [2.45, 2.75) is 77.5 Å². The van der Waals surface area contributed by atoms with Crippen LogP contribution in [0.1, 0.15) is 74.2 Å². The molecule has 0 saturated carbocycles. The summed E-state index contributed by atoms with van der Waals surface area (Å²) in [5, 5.41) is 17.5. The second kappa shape index (κ2) is 11.7. The van der Waals surface area contributed by atoms with E-state index in [4.69, 9.17) is 0 Å². The largest absolute Gasteiger partial charge is 0.390 e. The predicted octanol–water partition coefficient (Wildman–Crippen LogP) is 4.75. The highest BCUT2D eigenvalue weighted by molar-refractivity contribution is 5.73. The SMILES string of the molecule is CC(=O)NC(Cc1cc(F)cc(F)c1)C(O)CNC1c2cc(CC(C)(C)C)ccc2CCC1c1ncc[nH]1. The molecule has 204 valence electrons. The number of H-pyrrole nitrogens is 1. The highest BCUT2D eigenvalue weighted by Crippen LogP contribution is 2.40. The van der Waals surface area contributed by atoms with Crippen LogP contribution in [-0.2, 0) is 24.1 Å². The molecule has 1 aromatic heterocycles. The van der Waals surface area contributed by atoms with Gasteiger partial charge in [-0.15, -0.1) is 0 Å². The average Bonchev–Trinajstić information content (AvgIpc) is 3.34. The van der Waals surface area contributed by atoms with E-state index in [0.29, 0.717) is 5.56 Å². The number of hydrogen-bond acceptors (Lipinski definition) is 4. The van der Waals surface area contributed by atoms with Gasteiger partial charge in [-0.1, -0.05) is 39.0 Å². The third kappa shape index (κ3) is 7.26. The molecule has 2 aromatic carbocycles. The molecule has 3 aromatic rings. The number of rotatable bonds is 9. The second-order valence-corrected chi connectivity index (χ2v) is 11.6. The van der Waals surface area contributed by atoms with Gasteiger partial charge in [-0.3, -0.25) is 4.79 Å². The number of aromatic nitrogens is 2. The summed E-state index contributed by atoms with van der Waals surface area (Å²) in [5.41, 5.74) is 4.22. The number of aryl methyl sites for hydroxylation is 1. The molecule has 4 N–H and O–H groups in total. The Morgan fingerprint density at radius 1 is 1.16 bits per heavy atom. The number of carbonyl (C=O) groups excluding carboxylic acids is 1. The van der Waals surface area contributed by atoms with Crippen LogP contribution in [0.15, 0.2) is 48.8 Å². The zero-order valence-electron chi connectivity index (χ0n) is 22.5. The highest BCUT2D eigenvalue weighted by Gasteiger charge is 2.33. The van der Waals surface area contributed by atoms with Crippen LogP contribution in [0, 0.1) is 17.0 Å². The molecule has 1 heterocycles. The summed E-state index contributed by atoms with van der Waals surface area (Å²) in [4.78, 5) is 19.7. The zero-order chi connectivity index (χ0) is 27.4. The molecule has 1 aliphatic rings. The lowest BCUT2D eigenvalue weighted by molar-refractivity contribution is -0.120. The van der Waals surface area contributed by atoms with E-state index >= 15 is 0 Å². The first-order valence-corrected chi connectivity index (χ1v) is 13.2. The molecule has 6 nitrogen and oxygen atoms in total. The van der Waals surface area contributed by atoms with Gasteiger partial charge >= 0.3 is 0 Å². The van der Waals surface area contributed by atoms with E-state index in [1.54, 1.807) is 6.20 Å². The first kappa shape index (κ1) is 27.9. The van der Waals surface area contributed by atoms with Crippen molar-refractivity contribution in [3.63, 3.8) is 0 Å². The summed E-state index contributed by atoms with van der Waals surface area (Å²) >= 11 is 0. The number of nitrogens with zero attached hydrogens (tertiary/aromatic N) is 1. The quantitative estimate of drug-likeness (QED) is 0.325. The monoisotopic (exact) mass is 524 g/mol. The second-order valence-electron chi connectivity index (χ2n) is 11.6. The topological polar surface area (TPSA) is 90.0 Å². The molecule has 0 aliphatic heterocycles. The van der Waals surface area contributed by atoms with Crippen molar-refractivity contribution in [1.82, 2.24) is 20.6 Å². The van der Waals surface area contributed by atoms with E-state index in [9.17, 15) is 18.7 Å². The first-order valence-electron chi connectivity index (χ1n) is 13.2. The normalized spacial score (nSPS) is 19.0. The number of amides is 1. The lowest BCUT2D eigenvalue weighted by atomic mass is 9.77. The summed E-state index contributed by atoms with van der Waals surface area (Å²) in [7, 11) is 0. The van der Waals surface area contributed by atoms with Crippen LogP contribution < -0.4 is 10.6 Å². The molecule has 1 aliphatic carbocycles. The number of aromatic amines is 1. The number of hydrogen-bond donors (Lipinski definition) is 4. The molecule has 0 saturated heterocycles. The van der Waals surface area contributed by atoms with E-state index in [2.05, 4.69) is 59.6 Å². The van der Waals surface area contributed by atoms with Crippen LogP contribution in [-0.4, -0.2) is 39.7 Å². The standard InChI is InChI=1S/C30H38F2N4O2/c1-18(37)36-26(14-20-11-22(31)15-23(32)12-20)27(38)17-35-28-24(29-33-9-10-34-29)8-7-21-6-5-19(13-25(21)28)16-30(2,3)4/h5-6,9-13,15,24,26-28,35,38H,7-8,14,16-17H2,1-4H3,(H,33,34)(H,36,37). The molecule has 1 amide bonds. The van der Waals surface area contributed by atoms with Gasteiger partial charge in [-0.05, 0) is 65.5 Å². The Bertz CT molecular complexity index is 1220. The van der Waals surface area contributed by atoms with E-state index in [0.717, 1.165) is 31.2 Å². The van der Waals surface area contributed by atoms with Gasteiger partial charge in [-0.25, -0.2) is 13.8 Å². The summed E-state index contributed by atoms with van der Waals surface area (Å²) < 4.78 is 27.6. The lowest BCUT2D eigenvalue weighted by Gasteiger charge is -2.35. The maximum atomic E-state index is 13.8. The number of carbonyl (C=O) groups is 1. The molecule has 0 radical (unpaired) electrons. The van der Waals surface area contributed by atoms with E-state index in [1.165, 1.54) is 35.7 Å². The van der Waals surface area contributed by atoms with Gasteiger partial charge in [0.05, 0.1) is 12.1 Å². The number of aliphatic hydroxyl groups is 1. The van der Waals surface area contributed by atoms with Crippen molar-refractivity contribution in [3.05, 3.63) is 88.5 Å². The van der Waals surface area contributed by atoms with Gasteiger partial charge in [-0.2, -0.15) is 0 Å². The Morgan fingerprint density at radius 3 is 2.53 bits per heavy atom. The van der Waals surface area contributed by atoms with Crippen molar-refractivity contribution in [1.29, 1.82) is 0 Å². The Hall–Kier alpha value is -3.10. The van der Waals surface area contributed by atoms with Gasteiger partial charge in [0.25, 0.3) is 0 Å². The maximum Gasteiger partial charge on any atom is 0.217 e. The zero-order valence-corrected chi connectivity index (χ0v) is 22.5. The van der Waals surface area contributed by atoms with Crippen molar-refractivity contribution in [2.75, 3.05) is 6.54 Å². The van der Waals surface area contributed by atoms with E-state index in [-0.39, 0.29) is 36.2 Å². The summed E-state index contributed by atoms with van der Waals surface area (Å²) in [5.74, 6) is -0.751. The van der Waals surface area contributed by atoms with Crippen LogP contribution in [0.25, 0.3) is 0 Å². The molecular formula is C30H38F2N4O2. The summed E-state index contributed by atoms with van der Waals surface area (Å²) in [6, 6.07) is 9.09. The number of nitrogens with one attached hydrogen (secondary N) is 3. The number of fused-ring (bicyclic) bond motifs is 1. The van der Waals surface area contributed by atoms with Gasteiger partial charge in [0.15, 0.2) is 0 Å². The fourth-order valence-electron chi connectivity index (χ4n) is 5.52. The molecular weight excluding hydrogens is 486 g/mol. The van der Waals surface area contributed by atoms with Gasteiger partial charge in [0.1, 0.15) is 17.5 Å². The maximum absolute atomic E-state index is 13.8. The molecule has 8 heteroatoms. The molecule has 0 bridgehead atoms. The van der Waals surface area contributed by atoms with Gasteiger partial charge < -0.3 is 20.7 Å². The van der Waals surface area contributed by atoms with Crippen LogP contribution >= 0.6 is 0 Å². The van der Waals surface area contributed by atoms with Crippen LogP contribution in [0.5, 0.6) is 0 Å². The van der Waals surface area contributed by atoms with Crippen LogP contribution in [0.4, 0.5) is 8.78 Å². The van der Waals surface area contributed by atoms with E-state index < -0.39 is 23.8 Å². The molecule has 4 rings (SSSR count). The molecule has 38 heavy (non-hydrogen) atoms. The van der Waals surface area contributed by atoms with Crippen molar-refractivity contribution in [3.8, 4) is 0 Å².